The highest BCUT2D eigenvalue weighted by molar-refractivity contribution is 9.10. The Bertz CT molecular complexity index is 495. The number of rotatable bonds is 5. The minimum Gasteiger partial charge on any atom is -0.479 e. The standard InChI is InChI=1S/C12H11BrO5/c1-7(12(16)17)18-11-8(5-6-10(14)15)3-2-4-9(11)13/h2-7H,1H3,(H,14,15)(H,16,17). The van der Waals surface area contributed by atoms with Crippen molar-refractivity contribution in [3.05, 3.63) is 34.3 Å². The van der Waals surface area contributed by atoms with Crippen LogP contribution in [0, 0.1) is 0 Å². The number of benzene rings is 1. The second-order valence-corrected chi connectivity index (χ2v) is 4.28. The van der Waals surface area contributed by atoms with E-state index < -0.39 is 18.0 Å². The minimum absolute atomic E-state index is 0.296. The summed E-state index contributed by atoms with van der Waals surface area (Å²) in [6, 6.07) is 5.01. The van der Waals surface area contributed by atoms with E-state index >= 15 is 0 Å². The Balaban J connectivity index is 3.08. The lowest BCUT2D eigenvalue weighted by Crippen LogP contribution is -2.23. The largest absolute Gasteiger partial charge is 0.479 e. The fraction of sp³-hybridized carbons (Fsp3) is 0.167. The van der Waals surface area contributed by atoms with Crippen molar-refractivity contribution in [1.82, 2.24) is 0 Å². The van der Waals surface area contributed by atoms with Crippen molar-refractivity contribution in [2.75, 3.05) is 0 Å². The van der Waals surface area contributed by atoms with Gasteiger partial charge >= 0.3 is 11.9 Å². The number of hydrogen-bond donors (Lipinski definition) is 2. The van der Waals surface area contributed by atoms with E-state index in [9.17, 15) is 9.59 Å². The van der Waals surface area contributed by atoms with Gasteiger partial charge in [0, 0.05) is 11.6 Å². The van der Waals surface area contributed by atoms with Gasteiger partial charge in [0.2, 0.25) is 0 Å². The molecule has 0 amide bonds. The lowest BCUT2D eigenvalue weighted by atomic mass is 10.2. The summed E-state index contributed by atoms with van der Waals surface area (Å²) in [6.07, 6.45) is 1.28. The normalized spacial score (nSPS) is 12.3. The van der Waals surface area contributed by atoms with Gasteiger partial charge < -0.3 is 14.9 Å². The van der Waals surface area contributed by atoms with Crippen LogP contribution in [0.3, 0.4) is 0 Å². The predicted molar refractivity (Wildman–Crippen MR) is 68.5 cm³/mol. The summed E-state index contributed by atoms with van der Waals surface area (Å²) >= 11 is 3.23. The van der Waals surface area contributed by atoms with Gasteiger partial charge in [-0.15, -0.1) is 0 Å². The summed E-state index contributed by atoms with van der Waals surface area (Å²) < 4.78 is 5.84. The van der Waals surface area contributed by atoms with Crippen LogP contribution in [-0.4, -0.2) is 28.3 Å². The first-order valence-electron chi connectivity index (χ1n) is 5.00. The lowest BCUT2D eigenvalue weighted by Gasteiger charge is -2.14. The molecule has 0 heterocycles. The van der Waals surface area contributed by atoms with Gasteiger partial charge in [-0.25, -0.2) is 9.59 Å². The third-order valence-electron chi connectivity index (χ3n) is 2.05. The van der Waals surface area contributed by atoms with Crippen LogP contribution in [0.15, 0.2) is 28.7 Å². The van der Waals surface area contributed by atoms with Gasteiger partial charge in [-0.3, -0.25) is 0 Å². The molecule has 0 radical (unpaired) electrons. The van der Waals surface area contributed by atoms with Gasteiger partial charge in [0.05, 0.1) is 4.47 Å². The van der Waals surface area contributed by atoms with Crippen LogP contribution in [0.5, 0.6) is 5.75 Å². The fourth-order valence-electron chi connectivity index (χ4n) is 1.17. The SMILES string of the molecule is CC(Oc1c(Br)cccc1C=CC(=O)O)C(=O)O. The van der Waals surface area contributed by atoms with E-state index in [-0.39, 0.29) is 0 Å². The molecule has 18 heavy (non-hydrogen) atoms. The van der Waals surface area contributed by atoms with E-state index in [2.05, 4.69) is 15.9 Å². The molecule has 0 aliphatic rings. The van der Waals surface area contributed by atoms with E-state index in [1.165, 1.54) is 13.0 Å². The molecule has 1 atom stereocenters. The second kappa shape index (κ2) is 6.20. The van der Waals surface area contributed by atoms with Crippen LogP contribution < -0.4 is 4.74 Å². The number of carbonyl (C=O) groups is 2. The molecule has 0 aliphatic carbocycles. The maximum atomic E-state index is 10.7. The number of carboxylic acids is 2. The van der Waals surface area contributed by atoms with Gasteiger partial charge in [-0.1, -0.05) is 12.1 Å². The highest BCUT2D eigenvalue weighted by Gasteiger charge is 2.16. The first-order chi connectivity index (χ1) is 8.41. The van der Waals surface area contributed by atoms with Crippen molar-refractivity contribution in [1.29, 1.82) is 0 Å². The van der Waals surface area contributed by atoms with E-state index in [1.54, 1.807) is 18.2 Å². The first-order valence-corrected chi connectivity index (χ1v) is 5.80. The lowest BCUT2D eigenvalue weighted by molar-refractivity contribution is -0.144. The van der Waals surface area contributed by atoms with Crippen LogP contribution in [0.2, 0.25) is 0 Å². The zero-order valence-electron chi connectivity index (χ0n) is 9.46. The number of para-hydroxylation sites is 1. The number of aliphatic carboxylic acids is 2. The van der Waals surface area contributed by atoms with E-state index in [0.29, 0.717) is 15.8 Å². The average Bonchev–Trinajstić information content (AvgIpc) is 2.29. The van der Waals surface area contributed by atoms with E-state index in [1.807, 2.05) is 0 Å². The predicted octanol–water partition coefficient (Wildman–Crippen LogP) is 2.40. The summed E-state index contributed by atoms with van der Waals surface area (Å²) in [5.74, 6) is -1.89. The van der Waals surface area contributed by atoms with Crippen molar-refractivity contribution >= 4 is 33.9 Å². The molecule has 96 valence electrons. The van der Waals surface area contributed by atoms with Crippen LogP contribution >= 0.6 is 15.9 Å². The molecule has 6 heteroatoms. The molecule has 0 saturated heterocycles. The zero-order valence-corrected chi connectivity index (χ0v) is 11.0. The topological polar surface area (TPSA) is 83.8 Å². The highest BCUT2D eigenvalue weighted by atomic mass is 79.9. The minimum atomic E-state index is -1.10. The van der Waals surface area contributed by atoms with E-state index in [4.69, 9.17) is 14.9 Å². The van der Waals surface area contributed by atoms with Gasteiger partial charge in [-0.05, 0) is 35.0 Å². The molecule has 1 rings (SSSR count). The summed E-state index contributed by atoms with van der Waals surface area (Å²) in [5, 5.41) is 17.4. The molecular weight excluding hydrogens is 304 g/mol. The smallest absolute Gasteiger partial charge is 0.344 e. The molecule has 0 bridgehead atoms. The zero-order chi connectivity index (χ0) is 13.7. The quantitative estimate of drug-likeness (QED) is 0.815. The summed E-state index contributed by atoms with van der Waals surface area (Å²) in [7, 11) is 0. The van der Waals surface area contributed by atoms with Gasteiger partial charge in [0.1, 0.15) is 5.75 Å². The van der Waals surface area contributed by atoms with Crippen LogP contribution in [0.1, 0.15) is 12.5 Å². The summed E-state index contributed by atoms with van der Waals surface area (Å²) in [5.41, 5.74) is 0.486. The Labute approximate surface area is 112 Å². The van der Waals surface area contributed by atoms with Crippen LogP contribution in [-0.2, 0) is 9.59 Å². The monoisotopic (exact) mass is 314 g/mol. The molecule has 1 aromatic rings. The molecule has 1 unspecified atom stereocenters. The fourth-order valence-corrected chi connectivity index (χ4v) is 1.64. The first kappa shape index (κ1) is 14.2. The van der Waals surface area contributed by atoms with Gasteiger partial charge in [0.15, 0.2) is 6.10 Å². The van der Waals surface area contributed by atoms with Gasteiger partial charge in [-0.2, -0.15) is 0 Å². The number of carboxylic acid groups (broad SMARTS) is 2. The van der Waals surface area contributed by atoms with Crippen molar-refractivity contribution in [2.45, 2.75) is 13.0 Å². The number of halogens is 1. The molecule has 0 aromatic heterocycles. The second-order valence-electron chi connectivity index (χ2n) is 3.43. The molecule has 5 nitrogen and oxygen atoms in total. The van der Waals surface area contributed by atoms with Crippen molar-refractivity contribution in [3.63, 3.8) is 0 Å². The Hall–Kier alpha value is -1.82. The molecule has 0 aliphatic heterocycles. The maximum absolute atomic E-state index is 10.7. The molecule has 1 aromatic carbocycles. The summed E-state index contributed by atoms with van der Waals surface area (Å²) in [6.45, 7) is 1.40. The summed E-state index contributed by atoms with van der Waals surface area (Å²) in [4.78, 5) is 21.2. The Morgan fingerprint density at radius 3 is 2.61 bits per heavy atom. The van der Waals surface area contributed by atoms with Gasteiger partial charge in [0.25, 0.3) is 0 Å². The van der Waals surface area contributed by atoms with Crippen LogP contribution in [0.4, 0.5) is 0 Å². The molecule has 2 N–H and O–H groups in total. The van der Waals surface area contributed by atoms with Crippen molar-refractivity contribution in [3.8, 4) is 5.75 Å². The average molecular weight is 315 g/mol. The molecule has 0 fully saturated rings. The maximum Gasteiger partial charge on any atom is 0.344 e. The number of hydrogen-bond acceptors (Lipinski definition) is 3. The van der Waals surface area contributed by atoms with Crippen LogP contribution in [0.25, 0.3) is 6.08 Å². The van der Waals surface area contributed by atoms with Crippen molar-refractivity contribution in [2.24, 2.45) is 0 Å². The Morgan fingerprint density at radius 2 is 2.06 bits per heavy atom. The van der Waals surface area contributed by atoms with Crippen molar-refractivity contribution < 1.29 is 24.5 Å². The molecular formula is C12H11BrO5. The van der Waals surface area contributed by atoms with E-state index in [0.717, 1.165) is 6.08 Å². The third kappa shape index (κ3) is 3.89. The Kier molecular flexibility index (Phi) is 4.91. The Morgan fingerprint density at radius 1 is 1.39 bits per heavy atom. The third-order valence-corrected chi connectivity index (χ3v) is 2.67. The molecule has 0 saturated carbocycles. The molecule has 0 spiro atoms. The highest BCUT2D eigenvalue weighted by Crippen LogP contribution is 2.30. The number of ether oxygens (including phenoxy) is 1.